The smallest absolute Gasteiger partial charge is 0.244 e. The van der Waals surface area contributed by atoms with Crippen molar-refractivity contribution >= 4 is 34.3 Å². The number of carbonyl (C=O) groups is 3. The Bertz CT molecular complexity index is 938. The van der Waals surface area contributed by atoms with Crippen LogP contribution in [0.4, 0.5) is 5.69 Å². The van der Waals surface area contributed by atoms with Crippen LogP contribution in [-0.4, -0.2) is 33.7 Å². The molecule has 3 amide bonds. The summed E-state index contributed by atoms with van der Waals surface area (Å²) in [5, 5.41) is 3.86. The maximum Gasteiger partial charge on any atom is 0.244 e. The van der Waals surface area contributed by atoms with Crippen LogP contribution in [0.3, 0.4) is 0 Å². The first-order chi connectivity index (χ1) is 13.4. The zero-order valence-corrected chi connectivity index (χ0v) is 16.5. The molecule has 0 unspecified atom stereocenters. The van der Waals surface area contributed by atoms with Gasteiger partial charge in [-0.3, -0.25) is 19.3 Å². The average Bonchev–Trinajstić information content (AvgIpc) is 3.32. The van der Waals surface area contributed by atoms with Gasteiger partial charge in [0.2, 0.25) is 17.7 Å². The van der Waals surface area contributed by atoms with E-state index in [4.69, 9.17) is 0 Å². The van der Waals surface area contributed by atoms with Crippen LogP contribution in [0.5, 0.6) is 0 Å². The van der Waals surface area contributed by atoms with E-state index in [9.17, 15) is 14.4 Å². The van der Waals surface area contributed by atoms with Crippen LogP contribution in [-0.2, 0) is 20.9 Å². The molecule has 2 aliphatic rings. The van der Waals surface area contributed by atoms with Gasteiger partial charge in [0.25, 0.3) is 0 Å². The van der Waals surface area contributed by atoms with Gasteiger partial charge < -0.3 is 9.88 Å². The molecule has 6 nitrogen and oxygen atoms in total. The summed E-state index contributed by atoms with van der Waals surface area (Å²) in [6, 6.07) is 7.79. The van der Waals surface area contributed by atoms with Crippen molar-refractivity contribution in [1.82, 2.24) is 9.47 Å². The molecule has 1 aliphatic heterocycles. The monoisotopic (exact) mass is 381 g/mol. The summed E-state index contributed by atoms with van der Waals surface area (Å²) in [4.78, 5) is 38.9. The number of likely N-dealkylation sites (tertiary alicyclic amines) is 1. The first-order valence-electron chi connectivity index (χ1n) is 10.1. The lowest BCUT2D eigenvalue weighted by atomic mass is 9.84. The molecule has 6 heteroatoms. The quantitative estimate of drug-likeness (QED) is 0.805. The zero-order valence-electron chi connectivity index (χ0n) is 16.5. The fraction of sp³-hybridized carbons (Fsp3) is 0.500. The normalized spacial score (nSPS) is 18.8. The summed E-state index contributed by atoms with van der Waals surface area (Å²) in [5.41, 5.74) is 1.23. The standard InChI is InChI=1S/C22H27N3O3/c1-15(2)13-24-11-8-16-17(6-5-7-18(16)24)23-19(26)14-25-20(27)12-22(21(25)28)9-3-4-10-22/h5-8,11,15H,3-4,9-10,12-14H2,1-2H3,(H,23,26). The Labute approximate surface area is 164 Å². The second-order valence-electron chi connectivity index (χ2n) is 8.60. The van der Waals surface area contributed by atoms with Gasteiger partial charge in [0.15, 0.2) is 0 Å². The molecule has 0 atom stereocenters. The van der Waals surface area contributed by atoms with Crippen molar-refractivity contribution in [3.05, 3.63) is 30.5 Å². The topological polar surface area (TPSA) is 71.4 Å². The van der Waals surface area contributed by atoms with Crippen LogP contribution < -0.4 is 5.32 Å². The van der Waals surface area contributed by atoms with Gasteiger partial charge in [0.05, 0.1) is 16.6 Å². The number of aromatic nitrogens is 1. The number of nitrogens with zero attached hydrogens (tertiary/aromatic N) is 2. The van der Waals surface area contributed by atoms with Crippen molar-refractivity contribution < 1.29 is 14.4 Å². The Morgan fingerprint density at radius 3 is 2.64 bits per heavy atom. The number of imide groups is 1. The number of fused-ring (bicyclic) bond motifs is 1. The molecule has 2 fully saturated rings. The van der Waals surface area contributed by atoms with Crippen LogP contribution in [0.1, 0.15) is 46.0 Å². The number of anilines is 1. The predicted octanol–water partition coefficient (Wildman–Crippen LogP) is 3.56. The van der Waals surface area contributed by atoms with Crippen LogP contribution >= 0.6 is 0 Å². The lowest BCUT2D eigenvalue weighted by Gasteiger charge is -2.20. The van der Waals surface area contributed by atoms with E-state index in [1.54, 1.807) is 0 Å². The molecule has 2 heterocycles. The predicted molar refractivity (Wildman–Crippen MR) is 108 cm³/mol. The van der Waals surface area contributed by atoms with E-state index in [1.807, 2.05) is 30.5 Å². The van der Waals surface area contributed by atoms with E-state index >= 15 is 0 Å². The van der Waals surface area contributed by atoms with Gasteiger partial charge in [-0.1, -0.05) is 32.8 Å². The Hall–Kier alpha value is -2.63. The van der Waals surface area contributed by atoms with Crippen molar-refractivity contribution in [3.63, 3.8) is 0 Å². The SMILES string of the molecule is CC(C)Cn1ccc2c(NC(=O)CN3C(=O)CC4(CCCC4)C3=O)cccc21. The number of benzene rings is 1. The molecule has 1 aromatic carbocycles. The Balaban J connectivity index is 1.49. The molecule has 148 valence electrons. The van der Waals surface area contributed by atoms with Crippen molar-refractivity contribution in [2.45, 2.75) is 52.5 Å². The maximum atomic E-state index is 12.8. The molecular formula is C22H27N3O3. The Morgan fingerprint density at radius 2 is 1.93 bits per heavy atom. The molecule has 2 aromatic rings. The van der Waals surface area contributed by atoms with Crippen LogP contribution in [0.15, 0.2) is 30.5 Å². The third-order valence-electron chi connectivity index (χ3n) is 6.00. The summed E-state index contributed by atoms with van der Waals surface area (Å²) >= 11 is 0. The molecule has 1 saturated heterocycles. The van der Waals surface area contributed by atoms with Crippen molar-refractivity contribution in [1.29, 1.82) is 0 Å². The molecule has 0 radical (unpaired) electrons. The van der Waals surface area contributed by atoms with E-state index in [2.05, 4.69) is 23.7 Å². The summed E-state index contributed by atoms with van der Waals surface area (Å²) in [6.07, 6.45) is 5.77. The Morgan fingerprint density at radius 1 is 1.18 bits per heavy atom. The molecule has 1 N–H and O–H groups in total. The molecule has 1 saturated carbocycles. The number of hydrogen-bond acceptors (Lipinski definition) is 3. The van der Waals surface area contributed by atoms with Crippen molar-refractivity contribution in [2.75, 3.05) is 11.9 Å². The fourth-order valence-corrected chi connectivity index (χ4v) is 4.68. The second kappa shape index (κ2) is 7.08. The lowest BCUT2D eigenvalue weighted by molar-refractivity contribution is -0.143. The molecule has 1 aliphatic carbocycles. The Kier molecular flexibility index (Phi) is 4.73. The van der Waals surface area contributed by atoms with E-state index in [0.717, 1.165) is 48.0 Å². The minimum absolute atomic E-state index is 0.161. The summed E-state index contributed by atoms with van der Waals surface area (Å²) < 4.78 is 2.17. The first-order valence-corrected chi connectivity index (χ1v) is 10.1. The third-order valence-corrected chi connectivity index (χ3v) is 6.00. The van der Waals surface area contributed by atoms with E-state index in [-0.39, 0.29) is 30.7 Å². The van der Waals surface area contributed by atoms with Crippen LogP contribution in [0, 0.1) is 11.3 Å². The van der Waals surface area contributed by atoms with Gasteiger partial charge in [0, 0.05) is 24.5 Å². The highest BCUT2D eigenvalue weighted by molar-refractivity contribution is 6.10. The minimum Gasteiger partial charge on any atom is -0.347 e. The number of hydrogen-bond donors (Lipinski definition) is 1. The van der Waals surface area contributed by atoms with Gasteiger partial charge in [-0.15, -0.1) is 0 Å². The number of rotatable bonds is 5. The maximum absolute atomic E-state index is 12.8. The van der Waals surface area contributed by atoms with Crippen molar-refractivity contribution in [2.24, 2.45) is 11.3 Å². The van der Waals surface area contributed by atoms with E-state index in [1.165, 1.54) is 0 Å². The molecule has 4 rings (SSSR count). The minimum atomic E-state index is -0.536. The lowest BCUT2D eigenvalue weighted by Crippen LogP contribution is -2.39. The largest absolute Gasteiger partial charge is 0.347 e. The first kappa shape index (κ1) is 18.7. The second-order valence-corrected chi connectivity index (χ2v) is 8.60. The molecule has 0 bridgehead atoms. The highest BCUT2D eigenvalue weighted by atomic mass is 16.2. The third kappa shape index (κ3) is 3.21. The van der Waals surface area contributed by atoms with Gasteiger partial charge in [-0.2, -0.15) is 0 Å². The van der Waals surface area contributed by atoms with Gasteiger partial charge in [0.1, 0.15) is 6.54 Å². The molecule has 1 spiro atoms. The van der Waals surface area contributed by atoms with Crippen LogP contribution in [0.25, 0.3) is 10.9 Å². The molecule has 1 aromatic heterocycles. The highest BCUT2D eigenvalue weighted by Gasteiger charge is 2.52. The number of nitrogens with one attached hydrogen (secondary N) is 1. The van der Waals surface area contributed by atoms with E-state index in [0.29, 0.717) is 11.6 Å². The van der Waals surface area contributed by atoms with Gasteiger partial charge >= 0.3 is 0 Å². The van der Waals surface area contributed by atoms with Crippen LogP contribution in [0.2, 0.25) is 0 Å². The number of amides is 3. The van der Waals surface area contributed by atoms with Gasteiger partial charge in [-0.25, -0.2) is 0 Å². The van der Waals surface area contributed by atoms with Crippen molar-refractivity contribution in [3.8, 4) is 0 Å². The highest BCUT2D eigenvalue weighted by Crippen LogP contribution is 2.46. The van der Waals surface area contributed by atoms with E-state index < -0.39 is 5.41 Å². The van der Waals surface area contributed by atoms with Gasteiger partial charge in [-0.05, 0) is 37.0 Å². The summed E-state index contributed by atoms with van der Waals surface area (Å²) in [7, 11) is 0. The zero-order chi connectivity index (χ0) is 19.9. The summed E-state index contributed by atoms with van der Waals surface area (Å²) in [6.45, 7) is 5.03. The molecule has 28 heavy (non-hydrogen) atoms. The fourth-order valence-electron chi connectivity index (χ4n) is 4.68. The summed E-state index contributed by atoms with van der Waals surface area (Å²) in [5.74, 6) is -0.195. The molecular weight excluding hydrogens is 354 g/mol. The average molecular weight is 381 g/mol. The number of carbonyl (C=O) groups excluding carboxylic acids is 3.